The van der Waals surface area contributed by atoms with Crippen LogP contribution in [0.3, 0.4) is 0 Å². The molecule has 1 fully saturated rings. The van der Waals surface area contributed by atoms with Gasteiger partial charge in [0.25, 0.3) is 0 Å². The van der Waals surface area contributed by atoms with Gasteiger partial charge in [-0.15, -0.1) is 0 Å². The molecule has 90 valence electrons. The summed E-state index contributed by atoms with van der Waals surface area (Å²) in [7, 11) is -0.607. The highest BCUT2D eigenvalue weighted by Gasteiger charge is 2.09. The molecule has 0 aromatic heterocycles. The summed E-state index contributed by atoms with van der Waals surface area (Å²) in [6, 6.07) is 0. The first-order valence-electron chi connectivity index (χ1n) is 6.11. The molecule has 1 unspecified atom stereocenters. The van der Waals surface area contributed by atoms with Crippen molar-refractivity contribution in [1.82, 2.24) is 10.2 Å². The van der Waals surface area contributed by atoms with Crippen molar-refractivity contribution in [3.05, 3.63) is 0 Å². The predicted octanol–water partition coefficient (Wildman–Crippen LogP) is 0.831. The van der Waals surface area contributed by atoms with Crippen LogP contribution in [-0.2, 0) is 10.8 Å². The Balaban J connectivity index is 1.82. The van der Waals surface area contributed by atoms with Crippen LogP contribution in [0.2, 0.25) is 0 Å². The van der Waals surface area contributed by atoms with Gasteiger partial charge in [0.15, 0.2) is 0 Å². The third-order valence-corrected chi connectivity index (χ3v) is 4.16. The lowest BCUT2D eigenvalue weighted by Gasteiger charge is -2.14. The molecule has 1 aliphatic heterocycles. The molecule has 0 amide bonds. The van der Waals surface area contributed by atoms with Crippen LogP contribution >= 0.6 is 0 Å². The van der Waals surface area contributed by atoms with Gasteiger partial charge in [-0.25, -0.2) is 0 Å². The molecule has 4 heteroatoms. The maximum atomic E-state index is 11.1. The lowest BCUT2D eigenvalue weighted by atomic mass is 10.4. The SMILES string of the molecule is CCS(=O)CCNCCCN1CCCC1. The Labute approximate surface area is 96.1 Å². The summed E-state index contributed by atoms with van der Waals surface area (Å²) in [4.78, 5) is 2.53. The first-order valence-corrected chi connectivity index (χ1v) is 7.59. The predicted molar refractivity (Wildman–Crippen MR) is 66.7 cm³/mol. The molecule has 1 rings (SSSR count). The quantitative estimate of drug-likeness (QED) is 0.629. The van der Waals surface area contributed by atoms with Crippen LogP contribution in [-0.4, -0.2) is 53.3 Å². The van der Waals surface area contributed by atoms with E-state index in [0.717, 1.165) is 24.6 Å². The molecule has 1 heterocycles. The highest BCUT2D eigenvalue weighted by atomic mass is 32.2. The number of likely N-dealkylation sites (tertiary alicyclic amines) is 1. The van der Waals surface area contributed by atoms with Crippen molar-refractivity contribution >= 4 is 10.8 Å². The van der Waals surface area contributed by atoms with E-state index in [-0.39, 0.29) is 0 Å². The fraction of sp³-hybridized carbons (Fsp3) is 1.00. The Hall–Kier alpha value is 0.0700. The van der Waals surface area contributed by atoms with E-state index in [0.29, 0.717) is 0 Å². The van der Waals surface area contributed by atoms with E-state index >= 15 is 0 Å². The first kappa shape index (κ1) is 13.1. The molecule has 1 aliphatic rings. The lowest BCUT2D eigenvalue weighted by molar-refractivity contribution is 0.331. The largest absolute Gasteiger partial charge is 0.316 e. The second-order valence-electron chi connectivity index (χ2n) is 4.08. The van der Waals surface area contributed by atoms with E-state index in [9.17, 15) is 4.21 Å². The molecule has 15 heavy (non-hydrogen) atoms. The Kier molecular flexibility index (Phi) is 7.22. The molecule has 0 aliphatic carbocycles. The minimum absolute atomic E-state index is 0.607. The van der Waals surface area contributed by atoms with Gasteiger partial charge in [-0.1, -0.05) is 6.92 Å². The van der Waals surface area contributed by atoms with Crippen molar-refractivity contribution in [2.24, 2.45) is 0 Å². The third-order valence-electron chi connectivity index (χ3n) is 2.86. The van der Waals surface area contributed by atoms with Crippen molar-refractivity contribution in [1.29, 1.82) is 0 Å². The van der Waals surface area contributed by atoms with Crippen molar-refractivity contribution in [2.75, 3.05) is 44.2 Å². The second kappa shape index (κ2) is 8.25. The first-order chi connectivity index (χ1) is 7.33. The zero-order valence-corrected chi connectivity index (χ0v) is 10.7. The van der Waals surface area contributed by atoms with Crippen molar-refractivity contribution in [2.45, 2.75) is 26.2 Å². The Morgan fingerprint density at radius 1 is 1.27 bits per heavy atom. The topological polar surface area (TPSA) is 32.3 Å². The summed E-state index contributed by atoms with van der Waals surface area (Å²) in [5.41, 5.74) is 0. The molecule has 1 saturated heterocycles. The molecular weight excluding hydrogens is 208 g/mol. The fourth-order valence-electron chi connectivity index (χ4n) is 1.89. The van der Waals surface area contributed by atoms with Gasteiger partial charge in [0.1, 0.15) is 0 Å². The third kappa shape index (κ3) is 6.28. The lowest BCUT2D eigenvalue weighted by Crippen LogP contribution is -2.27. The normalized spacial score (nSPS) is 19.5. The van der Waals surface area contributed by atoms with Gasteiger partial charge in [-0.05, 0) is 45.4 Å². The monoisotopic (exact) mass is 232 g/mol. The van der Waals surface area contributed by atoms with Crippen LogP contribution in [0, 0.1) is 0 Å². The summed E-state index contributed by atoms with van der Waals surface area (Å²) < 4.78 is 11.1. The van der Waals surface area contributed by atoms with Crippen LogP contribution in [0.4, 0.5) is 0 Å². The van der Waals surface area contributed by atoms with Crippen molar-refractivity contribution in [3.8, 4) is 0 Å². The number of nitrogens with one attached hydrogen (secondary N) is 1. The number of nitrogens with zero attached hydrogens (tertiary/aromatic N) is 1. The zero-order chi connectivity index (χ0) is 10.9. The Morgan fingerprint density at radius 2 is 2.00 bits per heavy atom. The van der Waals surface area contributed by atoms with Crippen LogP contribution in [0.5, 0.6) is 0 Å². The summed E-state index contributed by atoms with van der Waals surface area (Å²) in [5, 5.41) is 3.35. The highest BCUT2D eigenvalue weighted by molar-refractivity contribution is 7.84. The summed E-state index contributed by atoms with van der Waals surface area (Å²) >= 11 is 0. The smallest absolute Gasteiger partial charge is 0.0359 e. The maximum absolute atomic E-state index is 11.1. The van der Waals surface area contributed by atoms with Gasteiger partial charge in [0.2, 0.25) is 0 Å². The van der Waals surface area contributed by atoms with Gasteiger partial charge >= 0.3 is 0 Å². The molecule has 1 atom stereocenters. The number of hydrogen-bond donors (Lipinski definition) is 1. The molecule has 0 spiro atoms. The number of hydrogen-bond acceptors (Lipinski definition) is 3. The summed E-state index contributed by atoms with van der Waals surface area (Å²) in [6.07, 6.45) is 3.98. The molecule has 0 saturated carbocycles. The maximum Gasteiger partial charge on any atom is 0.0359 e. The van der Waals surface area contributed by atoms with Gasteiger partial charge in [0, 0.05) is 28.9 Å². The molecule has 0 aromatic rings. The molecule has 1 N–H and O–H groups in total. The minimum Gasteiger partial charge on any atom is -0.316 e. The van der Waals surface area contributed by atoms with Gasteiger partial charge < -0.3 is 10.2 Å². The fourth-order valence-corrected chi connectivity index (χ4v) is 2.55. The van der Waals surface area contributed by atoms with E-state index in [1.807, 2.05) is 6.92 Å². The second-order valence-corrected chi connectivity index (χ2v) is 5.95. The van der Waals surface area contributed by atoms with E-state index in [2.05, 4.69) is 10.2 Å². The standard InChI is InChI=1S/C11H24N2OS/c1-2-15(14)11-7-12-6-5-10-13-8-3-4-9-13/h12H,2-11H2,1H3. The van der Waals surface area contributed by atoms with Crippen LogP contribution in [0.25, 0.3) is 0 Å². The van der Waals surface area contributed by atoms with E-state index in [4.69, 9.17) is 0 Å². The highest BCUT2D eigenvalue weighted by Crippen LogP contribution is 2.06. The molecule has 3 nitrogen and oxygen atoms in total. The minimum atomic E-state index is -0.607. The summed E-state index contributed by atoms with van der Waals surface area (Å²) in [5.74, 6) is 1.59. The average Bonchev–Trinajstić information content (AvgIpc) is 2.75. The van der Waals surface area contributed by atoms with Gasteiger partial charge in [-0.3, -0.25) is 4.21 Å². The van der Waals surface area contributed by atoms with E-state index < -0.39 is 10.8 Å². The van der Waals surface area contributed by atoms with Crippen LogP contribution in [0.15, 0.2) is 0 Å². The molecule has 0 aromatic carbocycles. The average molecular weight is 232 g/mol. The van der Waals surface area contributed by atoms with E-state index in [1.54, 1.807) is 0 Å². The van der Waals surface area contributed by atoms with Crippen LogP contribution in [0.1, 0.15) is 26.2 Å². The molecule has 0 bridgehead atoms. The Morgan fingerprint density at radius 3 is 2.67 bits per heavy atom. The number of rotatable bonds is 8. The zero-order valence-electron chi connectivity index (χ0n) is 9.83. The summed E-state index contributed by atoms with van der Waals surface area (Å²) in [6.45, 7) is 7.75. The van der Waals surface area contributed by atoms with Crippen molar-refractivity contribution < 1.29 is 4.21 Å². The van der Waals surface area contributed by atoms with E-state index in [1.165, 1.54) is 38.9 Å². The van der Waals surface area contributed by atoms with Gasteiger partial charge in [-0.2, -0.15) is 0 Å². The van der Waals surface area contributed by atoms with Crippen LogP contribution < -0.4 is 5.32 Å². The van der Waals surface area contributed by atoms with Crippen molar-refractivity contribution in [3.63, 3.8) is 0 Å². The molecular formula is C11H24N2OS. The molecule has 0 radical (unpaired) electrons. The Bertz CT molecular complexity index is 181. The van der Waals surface area contributed by atoms with Gasteiger partial charge in [0.05, 0.1) is 0 Å².